The molecule has 2 fully saturated rings. The Morgan fingerprint density at radius 2 is 0.886 bits per heavy atom. The Labute approximate surface area is 526 Å². The predicted molar refractivity (Wildman–Crippen MR) is 335 cm³/mol. The Kier molecular flexibility index (Phi) is 16.2. The lowest BCUT2D eigenvalue weighted by Crippen LogP contribution is -2.46. The second kappa shape index (κ2) is 24.3. The number of carbonyl (C=O) groups excluding carboxylic acids is 6. The fourth-order valence-corrected chi connectivity index (χ4v) is 18.8. The number of rotatable bonds is 16. The number of thiophene rings is 4. The summed E-state index contributed by atoms with van der Waals surface area (Å²) in [7, 11) is 0. The molecule has 2 saturated heterocycles. The number of esters is 4. The monoisotopic (exact) mass is 1270 g/mol. The van der Waals surface area contributed by atoms with E-state index in [4.69, 9.17) is 28.9 Å². The van der Waals surface area contributed by atoms with Crippen LogP contribution in [0.4, 0.5) is 10.0 Å². The maximum absolute atomic E-state index is 15.9. The Bertz CT molecular complexity index is 4140. The van der Waals surface area contributed by atoms with Crippen LogP contribution in [0.2, 0.25) is 0 Å². The first kappa shape index (κ1) is 58.8. The van der Waals surface area contributed by atoms with Gasteiger partial charge in [-0.25, -0.2) is 9.98 Å². The van der Waals surface area contributed by atoms with E-state index in [1.807, 2.05) is 24.3 Å². The summed E-state index contributed by atoms with van der Waals surface area (Å²) >= 11 is 6.11. The summed E-state index contributed by atoms with van der Waals surface area (Å²) in [6, 6.07) is 46.0. The SMILES string of the molecule is CCC1C(=O)C(=Nc2cc3c(s2)-c2sc4c5c(sc4c2C3(C(=O)OCc2ccccc2)C(=O)OCc2ccccc2)-c2sc(N=C3SC(=C(C#N)C#N)N(CC)C3=O)cc2C5(C(=O)OCc2ccccc2)C(=O)OCc2ccccc2)SC1=C(C#N)C#N. The van der Waals surface area contributed by atoms with E-state index in [1.54, 1.807) is 141 Å². The third-order valence-corrected chi connectivity index (χ3v) is 22.2. The van der Waals surface area contributed by atoms with Crippen molar-refractivity contribution in [2.75, 3.05) is 6.54 Å². The molecular weight excluding hydrogens is 1230 g/mol. The van der Waals surface area contributed by atoms with E-state index < -0.39 is 52.3 Å². The highest BCUT2D eigenvalue weighted by molar-refractivity contribution is 8.20. The summed E-state index contributed by atoms with van der Waals surface area (Å²) in [4.78, 5) is 104. The summed E-state index contributed by atoms with van der Waals surface area (Å²) in [6.07, 6.45) is 0.281. The van der Waals surface area contributed by atoms with Gasteiger partial charge in [0.05, 0.1) is 34.8 Å². The Morgan fingerprint density at radius 3 is 1.24 bits per heavy atom. The van der Waals surface area contributed by atoms with E-state index in [0.29, 0.717) is 51.2 Å². The van der Waals surface area contributed by atoms with Crippen LogP contribution in [0, 0.1) is 51.2 Å². The van der Waals surface area contributed by atoms with E-state index in [-0.39, 0.29) is 103 Å². The molecule has 88 heavy (non-hydrogen) atoms. The van der Waals surface area contributed by atoms with Crippen LogP contribution < -0.4 is 0 Å². The van der Waals surface area contributed by atoms with E-state index in [2.05, 4.69) is 0 Å². The number of Topliss-reactive ketones (excluding diaryl/α,β-unsaturated/α-hetero) is 1. The maximum atomic E-state index is 15.9. The Hall–Kier alpha value is -9.56. The number of ketones is 1. The van der Waals surface area contributed by atoms with Crippen LogP contribution in [-0.2, 0) is 85.0 Å². The number of carbonyl (C=O) groups is 6. The minimum atomic E-state index is -2.45. The van der Waals surface area contributed by atoms with Gasteiger partial charge in [-0.3, -0.25) is 33.7 Å². The number of fused-ring (bicyclic) bond motifs is 9. The smallest absolute Gasteiger partial charge is 0.333 e. The molecule has 0 saturated carbocycles. The first-order valence-electron chi connectivity index (χ1n) is 27.1. The van der Waals surface area contributed by atoms with Crippen molar-refractivity contribution in [3.8, 4) is 43.8 Å². The molecule has 1 amide bonds. The van der Waals surface area contributed by atoms with Gasteiger partial charge in [-0.1, -0.05) is 140 Å². The van der Waals surface area contributed by atoms with Crippen molar-refractivity contribution in [1.82, 2.24) is 4.90 Å². The van der Waals surface area contributed by atoms with Gasteiger partial charge in [-0.2, -0.15) is 21.0 Å². The number of thioether (sulfide) groups is 2. The lowest BCUT2D eigenvalue weighted by atomic mass is 9.77. The van der Waals surface area contributed by atoms with E-state index in [9.17, 15) is 30.6 Å². The molecular formula is C65H41N7O10S6. The predicted octanol–water partition coefficient (Wildman–Crippen LogP) is 13.1. The van der Waals surface area contributed by atoms with Gasteiger partial charge in [-0.05, 0) is 59.5 Å². The Balaban J connectivity index is 1.11. The second-order valence-electron chi connectivity index (χ2n) is 20.0. The quantitative estimate of drug-likeness (QED) is 0.0377. The standard InChI is InChI=1S/C65H41N7O10S6/c1-3-41-48(73)56(87-49(41)39(27-66)28-67)70-44-25-42-50(83-44)52-46(64(42,60(75)79-31-35-17-9-5-10-18-35)61(76)80-32-36-19-11-6-12-20-36)54-55(85-52)47-53(86-54)51-43(26-45(84-51)71-57-58(74)72(4-2)59(88-57)40(29-68)30-69)65(47,62(77)81-33-37-21-13-7-14-22-37)63(78)82-34-38-23-15-8-16-24-38/h5-26,41H,3-4,31-34H2,1-2H3. The van der Waals surface area contributed by atoms with E-state index >= 15 is 19.2 Å². The van der Waals surface area contributed by atoms with Crippen molar-refractivity contribution in [2.24, 2.45) is 15.9 Å². The van der Waals surface area contributed by atoms with Crippen LogP contribution in [0.3, 0.4) is 0 Å². The molecule has 2 aliphatic heterocycles. The van der Waals surface area contributed by atoms with Crippen LogP contribution in [0.1, 0.15) is 64.8 Å². The molecule has 12 rings (SSSR count). The number of benzene rings is 4. The molecule has 8 aromatic rings. The zero-order chi connectivity index (χ0) is 61.4. The zero-order valence-electron chi connectivity index (χ0n) is 46.2. The minimum absolute atomic E-state index is 0.00748. The van der Waals surface area contributed by atoms with E-state index in [1.165, 1.54) is 11.0 Å². The van der Waals surface area contributed by atoms with Crippen LogP contribution in [0.5, 0.6) is 0 Å². The lowest BCUT2D eigenvalue weighted by molar-refractivity contribution is -0.166. The molecule has 17 nitrogen and oxygen atoms in total. The third-order valence-electron chi connectivity index (χ3n) is 15.0. The molecule has 1 atom stereocenters. The molecule has 0 bridgehead atoms. The highest BCUT2D eigenvalue weighted by Gasteiger charge is 2.65. The molecule has 0 N–H and O–H groups in total. The summed E-state index contributed by atoms with van der Waals surface area (Å²) in [5.74, 6) is -5.90. The van der Waals surface area contributed by atoms with E-state index in [0.717, 1.165) is 68.9 Å². The average molecular weight is 1270 g/mol. The molecule has 0 spiro atoms. The van der Waals surface area contributed by atoms with Gasteiger partial charge in [0.1, 0.15) is 76.4 Å². The number of aliphatic imine (C=N–C) groups is 2. The van der Waals surface area contributed by atoms with Crippen LogP contribution >= 0.6 is 68.9 Å². The Morgan fingerprint density at radius 1 is 0.511 bits per heavy atom. The number of allylic oxidation sites excluding steroid dienone is 3. The molecule has 4 aliphatic rings. The number of nitriles is 4. The van der Waals surface area contributed by atoms with Gasteiger partial charge >= 0.3 is 23.9 Å². The van der Waals surface area contributed by atoms with Crippen LogP contribution in [0.25, 0.3) is 28.9 Å². The fraction of sp³-hybridized carbons (Fsp3) is 0.169. The number of nitrogens with zero attached hydrogens (tertiary/aromatic N) is 7. The van der Waals surface area contributed by atoms with Gasteiger partial charge in [0.15, 0.2) is 16.4 Å². The van der Waals surface area contributed by atoms with Crippen molar-refractivity contribution < 1.29 is 47.7 Å². The van der Waals surface area contributed by atoms with Gasteiger partial charge < -0.3 is 18.9 Å². The first-order valence-corrected chi connectivity index (χ1v) is 32.0. The first-order chi connectivity index (χ1) is 42.8. The van der Waals surface area contributed by atoms with Crippen LogP contribution in [-0.4, -0.2) is 57.1 Å². The largest absolute Gasteiger partial charge is 0.459 e. The summed E-state index contributed by atoms with van der Waals surface area (Å²) in [5.41, 5.74) is -2.43. The van der Waals surface area contributed by atoms with Crippen LogP contribution in [0.15, 0.2) is 165 Å². The zero-order valence-corrected chi connectivity index (χ0v) is 51.1. The lowest BCUT2D eigenvalue weighted by Gasteiger charge is -2.27. The number of hydrogen-bond acceptors (Lipinski definition) is 22. The summed E-state index contributed by atoms with van der Waals surface area (Å²) in [5, 5.41) is 39.8. The average Bonchev–Trinajstić information content (AvgIpc) is 1.56. The molecule has 1 unspecified atom stereocenters. The number of ether oxygens (including phenoxy) is 4. The number of amides is 1. The highest BCUT2D eigenvalue weighted by Crippen LogP contribution is 2.68. The number of hydrogen-bond donors (Lipinski definition) is 0. The highest BCUT2D eigenvalue weighted by atomic mass is 32.2. The van der Waals surface area contributed by atoms with Gasteiger partial charge in [-0.15, -0.1) is 45.3 Å². The molecule has 6 heterocycles. The van der Waals surface area contributed by atoms with Gasteiger partial charge in [0, 0.05) is 33.7 Å². The normalized spacial score (nSPS) is 16.5. The molecule has 4 aromatic heterocycles. The molecule has 0 radical (unpaired) electrons. The van der Waals surface area contributed by atoms with Gasteiger partial charge in [0.25, 0.3) is 5.91 Å². The topological polar surface area (TPSA) is 262 Å². The summed E-state index contributed by atoms with van der Waals surface area (Å²) < 4.78 is 25.7. The van der Waals surface area contributed by atoms with Gasteiger partial charge in [0.2, 0.25) is 10.8 Å². The minimum Gasteiger partial charge on any atom is -0.459 e. The maximum Gasteiger partial charge on any atom is 0.333 e. The molecule has 23 heteroatoms. The third kappa shape index (κ3) is 9.82. The van der Waals surface area contributed by atoms with Crippen molar-refractivity contribution in [3.05, 3.63) is 199 Å². The van der Waals surface area contributed by atoms with Crippen molar-refractivity contribution >= 4 is 134 Å². The molecule has 2 aliphatic carbocycles. The second-order valence-corrected chi connectivity index (χ2v) is 26.1. The van der Waals surface area contributed by atoms with Crippen molar-refractivity contribution in [1.29, 1.82) is 21.0 Å². The fourth-order valence-electron chi connectivity index (χ4n) is 10.9. The summed E-state index contributed by atoms with van der Waals surface area (Å²) in [6.45, 7) is 2.45. The van der Waals surface area contributed by atoms with Crippen molar-refractivity contribution in [3.63, 3.8) is 0 Å². The van der Waals surface area contributed by atoms with Crippen molar-refractivity contribution in [2.45, 2.75) is 57.5 Å². The molecule has 4 aromatic carbocycles. The molecule has 432 valence electrons.